The summed E-state index contributed by atoms with van der Waals surface area (Å²) in [7, 11) is 2.06. The molecular formula is C15H17NS. The smallest absolute Gasteiger partial charge is 0.0374 e. The Balaban J connectivity index is 2.15. The van der Waals surface area contributed by atoms with Crippen LogP contribution in [0.25, 0.3) is 10.4 Å². The van der Waals surface area contributed by atoms with Gasteiger partial charge in [0.15, 0.2) is 0 Å². The van der Waals surface area contributed by atoms with Crippen molar-refractivity contribution in [1.82, 2.24) is 5.32 Å². The van der Waals surface area contributed by atoms with Crippen LogP contribution in [-0.4, -0.2) is 7.05 Å². The highest BCUT2D eigenvalue weighted by molar-refractivity contribution is 7.13. The Kier molecular flexibility index (Phi) is 2.77. The predicted octanol–water partition coefficient (Wildman–Crippen LogP) is 3.93. The van der Waals surface area contributed by atoms with E-state index < -0.39 is 0 Å². The first kappa shape index (κ1) is 11.0. The van der Waals surface area contributed by atoms with Gasteiger partial charge in [0.2, 0.25) is 0 Å². The molecule has 0 fully saturated rings. The van der Waals surface area contributed by atoms with Crippen molar-refractivity contribution in [3.05, 3.63) is 46.3 Å². The second-order valence-corrected chi connectivity index (χ2v) is 5.60. The summed E-state index contributed by atoms with van der Waals surface area (Å²) in [5, 5.41) is 5.60. The first-order valence-electron chi connectivity index (χ1n) is 6.15. The number of thiophene rings is 1. The third-order valence-electron chi connectivity index (χ3n) is 3.73. The van der Waals surface area contributed by atoms with E-state index in [1.807, 2.05) is 11.3 Å². The van der Waals surface area contributed by atoms with Crippen molar-refractivity contribution in [1.29, 1.82) is 0 Å². The van der Waals surface area contributed by atoms with Gasteiger partial charge in [-0.15, -0.1) is 11.3 Å². The van der Waals surface area contributed by atoms with Crippen LogP contribution in [0.4, 0.5) is 0 Å². The van der Waals surface area contributed by atoms with E-state index in [1.165, 1.54) is 34.4 Å². The lowest BCUT2D eigenvalue weighted by Crippen LogP contribution is -2.12. The molecule has 1 nitrogen and oxygen atoms in total. The van der Waals surface area contributed by atoms with Crippen molar-refractivity contribution in [2.45, 2.75) is 25.8 Å². The number of hydrogen-bond acceptors (Lipinski definition) is 2. The Labute approximate surface area is 106 Å². The monoisotopic (exact) mass is 243 g/mol. The minimum absolute atomic E-state index is 0.546. The zero-order chi connectivity index (χ0) is 11.8. The van der Waals surface area contributed by atoms with Crippen LogP contribution in [0.3, 0.4) is 0 Å². The average molecular weight is 243 g/mol. The van der Waals surface area contributed by atoms with Crippen molar-refractivity contribution in [3.63, 3.8) is 0 Å². The van der Waals surface area contributed by atoms with Gasteiger partial charge >= 0.3 is 0 Å². The first-order valence-corrected chi connectivity index (χ1v) is 7.02. The molecule has 2 aromatic rings. The van der Waals surface area contributed by atoms with E-state index in [4.69, 9.17) is 0 Å². The van der Waals surface area contributed by atoms with Crippen LogP contribution in [0.2, 0.25) is 0 Å². The number of rotatable bonds is 2. The molecule has 1 aromatic heterocycles. The Morgan fingerprint density at radius 1 is 1.29 bits per heavy atom. The molecule has 0 spiro atoms. The summed E-state index contributed by atoms with van der Waals surface area (Å²) < 4.78 is 0. The van der Waals surface area contributed by atoms with Crippen LogP contribution in [0.1, 0.15) is 29.2 Å². The van der Waals surface area contributed by atoms with Gasteiger partial charge in [0, 0.05) is 10.9 Å². The quantitative estimate of drug-likeness (QED) is 0.842. The molecule has 0 aliphatic heterocycles. The summed E-state index contributed by atoms with van der Waals surface area (Å²) in [5.74, 6) is 0. The van der Waals surface area contributed by atoms with Gasteiger partial charge in [0.25, 0.3) is 0 Å². The number of nitrogens with one attached hydrogen (secondary N) is 1. The Morgan fingerprint density at radius 2 is 2.18 bits per heavy atom. The Bertz CT molecular complexity index is 542. The fraction of sp³-hybridized carbons (Fsp3) is 0.333. The van der Waals surface area contributed by atoms with Crippen molar-refractivity contribution in [3.8, 4) is 10.4 Å². The molecule has 1 N–H and O–H groups in total. The first-order chi connectivity index (χ1) is 8.31. The number of benzene rings is 1. The van der Waals surface area contributed by atoms with Gasteiger partial charge in [0.05, 0.1) is 0 Å². The number of fused-ring (bicyclic) bond motifs is 1. The Morgan fingerprint density at radius 3 is 2.88 bits per heavy atom. The molecule has 1 atom stereocenters. The predicted molar refractivity (Wildman–Crippen MR) is 74.6 cm³/mol. The lowest BCUT2D eigenvalue weighted by atomic mass is 10.00. The van der Waals surface area contributed by atoms with Gasteiger partial charge in [-0.25, -0.2) is 0 Å². The molecule has 1 unspecified atom stereocenters. The number of hydrogen-bond donors (Lipinski definition) is 1. The minimum Gasteiger partial charge on any atom is -0.313 e. The highest BCUT2D eigenvalue weighted by Crippen LogP contribution is 2.40. The van der Waals surface area contributed by atoms with Gasteiger partial charge in [-0.05, 0) is 60.5 Å². The third-order valence-corrected chi connectivity index (χ3v) is 4.78. The molecule has 0 bridgehead atoms. The fourth-order valence-corrected chi connectivity index (χ4v) is 3.80. The van der Waals surface area contributed by atoms with Gasteiger partial charge in [-0.2, -0.15) is 0 Å². The molecule has 17 heavy (non-hydrogen) atoms. The van der Waals surface area contributed by atoms with Gasteiger partial charge in [-0.3, -0.25) is 0 Å². The topological polar surface area (TPSA) is 12.0 Å². The molecule has 88 valence electrons. The van der Waals surface area contributed by atoms with Crippen LogP contribution >= 0.6 is 11.3 Å². The molecule has 0 amide bonds. The number of aryl methyl sites for hydroxylation is 1. The van der Waals surface area contributed by atoms with Crippen molar-refractivity contribution >= 4 is 11.3 Å². The highest BCUT2D eigenvalue weighted by Gasteiger charge is 2.24. The standard InChI is InChI=1S/C15H17NS/c1-10-8-9-17-15(10)13-5-3-4-12-11(13)6-7-14(12)16-2/h3-5,8-9,14,16H,6-7H2,1-2H3. The van der Waals surface area contributed by atoms with Gasteiger partial charge in [0.1, 0.15) is 0 Å². The van der Waals surface area contributed by atoms with Crippen molar-refractivity contribution < 1.29 is 0 Å². The van der Waals surface area contributed by atoms with Crippen LogP contribution in [0, 0.1) is 6.92 Å². The van der Waals surface area contributed by atoms with Gasteiger partial charge < -0.3 is 5.32 Å². The van der Waals surface area contributed by atoms with E-state index in [1.54, 1.807) is 5.56 Å². The highest BCUT2D eigenvalue weighted by atomic mass is 32.1. The van der Waals surface area contributed by atoms with E-state index in [0.29, 0.717) is 6.04 Å². The SMILES string of the molecule is CNC1CCc2c(-c3sccc3C)cccc21. The maximum absolute atomic E-state index is 3.41. The fourth-order valence-electron chi connectivity index (χ4n) is 2.82. The average Bonchev–Trinajstić information content (AvgIpc) is 2.94. The normalized spacial score (nSPS) is 18.4. The lowest BCUT2D eigenvalue weighted by Gasteiger charge is -2.11. The lowest BCUT2D eigenvalue weighted by molar-refractivity contribution is 0.590. The molecule has 1 aliphatic rings. The maximum atomic E-state index is 3.41. The van der Waals surface area contributed by atoms with Crippen LogP contribution in [0.15, 0.2) is 29.6 Å². The maximum Gasteiger partial charge on any atom is 0.0374 e. The van der Waals surface area contributed by atoms with E-state index >= 15 is 0 Å². The van der Waals surface area contributed by atoms with E-state index in [9.17, 15) is 0 Å². The van der Waals surface area contributed by atoms with E-state index in [0.717, 1.165) is 0 Å². The molecule has 0 saturated carbocycles. The van der Waals surface area contributed by atoms with Crippen LogP contribution in [-0.2, 0) is 6.42 Å². The van der Waals surface area contributed by atoms with E-state index in [2.05, 4.69) is 48.9 Å². The zero-order valence-corrected chi connectivity index (χ0v) is 11.1. The molecule has 1 aromatic carbocycles. The summed E-state index contributed by atoms with van der Waals surface area (Å²) in [4.78, 5) is 1.44. The minimum atomic E-state index is 0.546. The second kappa shape index (κ2) is 4.28. The second-order valence-electron chi connectivity index (χ2n) is 4.69. The van der Waals surface area contributed by atoms with Gasteiger partial charge in [-0.1, -0.05) is 18.2 Å². The molecule has 0 saturated heterocycles. The largest absolute Gasteiger partial charge is 0.313 e. The molecule has 1 heterocycles. The van der Waals surface area contributed by atoms with E-state index in [-0.39, 0.29) is 0 Å². The summed E-state index contributed by atoms with van der Waals surface area (Å²) in [5.41, 5.74) is 5.90. The summed E-state index contributed by atoms with van der Waals surface area (Å²) >= 11 is 1.86. The van der Waals surface area contributed by atoms with Crippen LogP contribution < -0.4 is 5.32 Å². The third kappa shape index (κ3) is 1.72. The molecular weight excluding hydrogens is 226 g/mol. The van der Waals surface area contributed by atoms with Crippen molar-refractivity contribution in [2.75, 3.05) is 7.05 Å². The van der Waals surface area contributed by atoms with Crippen LogP contribution in [0.5, 0.6) is 0 Å². The molecule has 2 heteroatoms. The summed E-state index contributed by atoms with van der Waals surface area (Å²) in [6.45, 7) is 2.20. The molecule has 3 rings (SSSR count). The Hall–Kier alpha value is -1.12. The molecule has 1 aliphatic carbocycles. The summed E-state index contributed by atoms with van der Waals surface area (Å²) in [6, 6.07) is 9.50. The zero-order valence-electron chi connectivity index (χ0n) is 10.3. The van der Waals surface area contributed by atoms with Crippen molar-refractivity contribution in [2.24, 2.45) is 0 Å². The molecule has 0 radical (unpaired) electrons. The summed E-state index contributed by atoms with van der Waals surface area (Å²) in [6.07, 6.45) is 2.43.